The molecule has 0 spiro atoms. The van der Waals surface area contributed by atoms with Crippen molar-refractivity contribution in [3.8, 4) is 0 Å². The number of benzene rings is 2. The van der Waals surface area contributed by atoms with E-state index >= 15 is 0 Å². The predicted octanol–water partition coefficient (Wildman–Crippen LogP) is 4.57. The van der Waals surface area contributed by atoms with Crippen molar-refractivity contribution in [1.82, 2.24) is 0 Å². The molecular weight excluding hydrogens is 300 g/mol. The number of rotatable bonds is 4. The molecule has 0 amide bonds. The number of halogens is 4. The van der Waals surface area contributed by atoms with Crippen LogP contribution in [0, 0.1) is 0 Å². The van der Waals surface area contributed by atoms with Crippen LogP contribution >= 0.6 is 0 Å². The fourth-order valence-corrected chi connectivity index (χ4v) is 1.85. The van der Waals surface area contributed by atoms with Crippen molar-refractivity contribution < 1.29 is 27.1 Å². The molecule has 116 valence electrons. The van der Waals surface area contributed by atoms with E-state index in [-0.39, 0.29) is 11.1 Å². The van der Waals surface area contributed by atoms with Gasteiger partial charge in [0.15, 0.2) is 6.10 Å². The summed E-state index contributed by atoms with van der Waals surface area (Å²) in [5, 5.41) is 0. The minimum atomic E-state index is -4.47. The lowest BCUT2D eigenvalue weighted by Crippen LogP contribution is -2.14. The van der Waals surface area contributed by atoms with Crippen LogP contribution < -0.4 is 0 Å². The molecule has 2 aromatic rings. The molecule has 0 aliphatic carbocycles. The normalized spacial score (nSPS) is 12.7. The summed E-state index contributed by atoms with van der Waals surface area (Å²) >= 11 is 0. The van der Waals surface area contributed by atoms with Crippen molar-refractivity contribution in [2.24, 2.45) is 0 Å². The van der Waals surface area contributed by atoms with E-state index in [1.807, 2.05) is 0 Å². The zero-order chi connectivity index (χ0) is 16.2. The minimum absolute atomic E-state index is 0.166. The largest absolute Gasteiger partial charge is 0.451 e. The third-order valence-electron chi connectivity index (χ3n) is 3.01. The lowest BCUT2D eigenvalue weighted by Gasteiger charge is -2.16. The number of carbonyl (C=O) groups is 1. The van der Waals surface area contributed by atoms with Crippen LogP contribution in [0.4, 0.5) is 17.6 Å². The van der Waals surface area contributed by atoms with Gasteiger partial charge in [0.1, 0.15) is 6.67 Å². The zero-order valence-electron chi connectivity index (χ0n) is 11.3. The molecule has 0 heterocycles. The van der Waals surface area contributed by atoms with Gasteiger partial charge in [-0.25, -0.2) is 9.18 Å². The fourth-order valence-electron chi connectivity index (χ4n) is 1.85. The second-order valence-corrected chi connectivity index (χ2v) is 4.53. The first kappa shape index (κ1) is 16.0. The van der Waals surface area contributed by atoms with E-state index in [0.29, 0.717) is 0 Å². The Morgan fingerprint density at radius 2 is 1.59 bits per heavy atom. The molecule has 2 rings (SSSR count). The first-order chi connectivity index (χ1) is 10.4. The van der Waals surface area contributed by atoms with E-state index in [4.69, 9.17) is 4.74 Å². The Morgan fingerprint density at radius 1 is 1.00 bits per heavy atom. The summed E-state index contributed by atoms with van der Waals surface area (Å²) in [5.41, 5.74) is -0.434. The van der Waals surface area contributed by atoms with Gasteiger partial charge in [-0.3, -0.25) is 0 Å². The van der Waals surface area contributed by atoms with Gasteiger partial charge < -0.3 is 4.74 Å². The van der Waals surface area contributed by atoms with Gasteiger partial charge >= 0.3 is 12.1 Å². The van der Waals surface area contributed by atoms with Crippen molar-refractivity contribution >= 4 is 5.97 Å². The highest BCUT2D eigenvalue weighted by atomic mass is 19.4. The molecule has 0 radical (unpaired) electrons. The van der Waals surface area contributed by atoms with Crippen molar-refractivity contribution in [1.29, 1.82) is 0 Å². The quantitative estimate of drug-likeness (QED) is 0.610. The summed E-state index contributed by atoms with van der Waals surface area (Å²) in [6.07, 6.45) is -5.71. The molecule has 0 unspecified atom stereocenters. The summed E-state index contributed by atoms with van der Waals surface area (Å²) in [4.78, 5) is 11.8. The number of alkyl halides is 4. The maximum atomic E-state index is 13.1. The van der Waals surface area contributed by atoms with E-state index in [1.165, 1.54) is 12.1 Å². The van der Waals surface area contributed by atoms with E-state index < -0.39 is 30.5 Å². The molecule has 0 aliphatic rings. The van der Waals surface area contributed by atoms with Gasteiger partial charge in [0.2, 0.25) is 0 Å². The smallest absolute Gasteiger partial charge is 0.416 e. The van der Waals surface area contributed by atoms with Crippen molar-refractivity contribution in [2.45, 2.75) is 12.3 Å². The average Bonchev–Trinajstić information content (AvgIpc) is 2.52. The maximum absolute atomic E-state index is 13.1. The molecule has 0 saturated carbocycles. The monoisotopic (exact) mass is 312 g/mol. The van der Waals surface area contributed by atoms with Crippen LogP contribution in [0.25, 0.3) is 0 Å². The summed E-state index contributed by atoms with van der Waals surface area (Å²) in [6.45, 7) is -1.02. The second kappa shape index (κ2) is 6.60. The molecule has 0 fully saturated rings. The van der Waals surface area contributed by atoms with Crippen LogP contribution in [0.1, 0.15) is 27.6 Å². The first-order valence-corrected chi connectivity index (χ1v) is 6.41. The third-order valence-corrected chi connectivity index (χ3v) is 3.01. The van der Waals surface area contributed by atoms with Crippen LogP contribution in [-0.4, -0.2) is 12.6 Å². The van der Waals surface area contributed by atoms with Crippen molar-refractivity contribution in [3.63, 3.8) is 0 Å². The third kappa shape index (κ3) is 3.84. The molecule has 2 nitrogen and oxygen atoms in total. The van der Waals surface area contributed by atoms with E-state index in [2.05, 4.69) is 0 Å². The number of carbonyl (C=O) groups excluding carboxylic acids is 1. The lowest BCUT2D eigenvalue weighted by molar-refractivity contribution is -0.137. The standard InChI is InChI=1S/C16H12F4O2/c17-10-14(22-15(21)12-4-2-1-3-5-12)11-6-8-13(9-7-11)16(18,19)20/h1-9,14H,10H2/t14-/m1/s1. The minimum Gasteiger partial charge on any atom is -0.451 e. The van der Waals surface area contributed by atoms with Gasteiger partial charge in [-0.2, -0.15) is 13.2 Å². The molecule has 0 saturated heterocycles. The molecule has 1 atom stereocenters. The summed E-state index contributed by atoms with van der Waals surface area (Å²) < 4.78 is 55.5. The average molecular weight is 312 g/mol. The topological polar surface area (TPSA) is 26.3 Å². The molecule has 0 aliphatic heterocycles. The second-order valence-electron chi connectivity index (χ2n) is 4.53. The molecule has 6 heteroatoms. The van der Waals surface area contributed by atoms with E-state index in [1.54, 1.807) is 18.2 Å². The highest BCUT2D eigenvalue weighted by molar-refractivity contribution is 5.89. The molecule has 0 aromatic heterocycles. The van der Waals surface area contributed by atoms with Crippen molar-refractivity contribution in [3.05, 3.63) is 71.3 Å². The van der Waals surface area contributed by atoms with Crippen LogP contribution in [0.5, 0.6) is 0 Å². The van der Waals surface area contributed by atoms with Gasteiger partial charge in [-0.1, -0.05) is 30.3 Å². The first-order valence-electron chi connectivity index (χ1n) is 6.41. The Hall–Kier alpha value is -2.37. The molecule has 0 N–H and O–H groups in total. The predicted molar refractivity (Wildman–Crippen MR) is 72.0 cm³/mol. The van der Waals surface area contributed by atoms with Gasteiger partial charge in [0, 0.05) is 0 Å². The van der Waals surface area contributed by atoms with Crippen LogP contribution in [0.15, 0.2) is 54.6 Å². The van der Waals surface area contributed by atoms with Crippen LogP contribution in [0.3, 0.4) is 0 Å². The number of hydrogen-bond acceptors (Lipinski definition) is 2. The highest BCUT2D eigenvalue weighted by Crippen LogP contribution is 2.30. The van der Waals surface area contributed by atoms with Crippen molar-refractivity contribution in [2.75, 3.05) is 6.67 Å². The number of ether oxygens (including phenoxy) is 1. The van der Waals surface area contributed by atoms with E-state index in [9.17, 15) is 22.4 Å². The van der Waals surface area contributed by atoms with Gasteiger partial charge in [0.05, 0.1) is 11.1 Å². The molecular formula is C16H12F4O2. The van der Waals surface area contributed by atoms with E-state index in [0.717, 1.165) is 24.3 Å². The Morgan fingerprint density at radius 3 is 2.09 bits per heavy atom. The van der Waals surface area contributed by atoms with Gasteiger partial charge in [-0.05, 0) is 29.8 Å². The van der Waals surface area contributed by atoms with Gasteiger partial charge in [0.25, 0.3) is 0 Å². The maximum Gasteiger partial charge on any atom is 0.416 e. The summed E-state index contributed by atoms with van der Waals surface area (Å²) in [6, 6.07) is 11.8. The van der Waals surface area contributed by atoms with Gasteiger partial charge in [-0.15, -0.1) is 0 Å². The zero-order valence-corrected chi connectivity index (χ0v) is 11.3. The highest BCUT2D eigenvalue weighted by Gasteiger charge is 2.30. The van der Waals surface area contributed by atoms with Crippen LogP contribution in [-0.2, 0) is 10.9 Å². The Kier molecular flexibility index (Phi) is 4.80. The summed E-state index contributed by atoms with van der Waals surface area (Å²) in [7, 11) is 0. The SMILES string of the molecule is O=C(O[C@H](CF)c1ccc(C(F)(F)F)cc1)c1ccccc1. The Labute approximate surface area is 124 Å². The molecule has 0 bridgehead atoms. The van der Waals surface area contributed by atoms with Crippen LogP contribution in [0.2, 0.25) is 0 Å². The molecule has 2 aromatic carbocycles. The Bertz CT molecular complexity index is 621. The number of hydrogen-bond donors (Lipinski definition) is 0. The number of esters is 1. The fraction of sp³-hybridized carbons (Fsp3) is 0.188. The summed E-state index contributed by atoms with van der Waals surface area (Å²) in [5.74, 6) is -0.733. The lowest BCUT2D eigenvalue weighted by atomic mass is 10.1. The molecule has 22 heavy (non-hydrogen) atoms. The Balaban J connectivity index is 2.13.